The lowest BCUT2D eigenvalue weighted by atomic mass is 10.1. The third kappa shape index (κ3) is 2.48. The van der Waals surface area contributed by atoms with Crippen LogP contribution in [-0.4, -0.2) is 17.0 Å². The maximum Gasteiger partial charge on any atom is 0.307 e. The summed E-state index contributed by atoms with van der Waals surface area (Å²) >= 11 is 0. The second-order valence-corrected chi connectivity index (χ2v) is 5.98. The highest BCUT2D eigenvalue weighted by molar-refractivity contribution is 5.99. The lowest BCUT2D eigenvalue weighted by Gasteiger charge is -2.08. The second-order valence-electron chi connectivity index (χ2n) is 5.98. The third-order valence-corrected chi connectivity index (χ3v) is 3.87. The number of carboxylic acids is 1. The molecule has 0 aliphatic heterocycles. The van der Waals surface area contributed by atoms with Gasteiger partial charge in [0, 0.05) is 5.69 Å². The Hall–Kier alpha value is -1.84. The lowest BCUT2D eigenvalue weighted by molar-refractivity contribution is -0.140. The quantitative estimate of drug-likeness (QED) is 0.879. The molecule has 1 aliphatic rings. The molecule has 2 rings (SSSR count). The topological polar surface area (TPSA) is 66.4 Å². The molecule has 1 aliphatic carbocycles. The summed E-state index contributed by atoms with van der Waals surface area (Å²) in [5.74, 6) is -2.14. The maximum atomic E-state index is 12.2. The Balaban J connectivity index is 2.13. The highest BCUT2D eigenvalue weighted by atomic mass is 16.4. The number of nitrogens with one attached hydrogen (secondary N) is 1. The predicted octanol–water partition coefficient (Wildman–Crippen LogP) is 2.60. The Morgan fingerprint density at radius 2 is 1.63 bits per heavy atom. The van der Waals surface area contributed by atoms with Gasteiger partial charge in [0.1, 0.15) is 0 Å². The number of carboxylic acid groups (broad SMARTS) is 1. The van der Waals surface area contributed by atoms with Gasteiger partial charge < -0.3 is 10.4 Å². The van der Waals surface area contributed by atoms with E-state index in [4.69, 9.17) is 5.11 Å². The van der Waals surface area contributed by atoms with E-state index in [-0.39, 0.29) is 5.91 Å². The minimum absolute atomic E-state index is 0.206. The van der Waals surface area contributed by atoms with Crippen LogP contribution in [0.5, 0.6) is 0 Å². The molecular formula is C15H19NO3. The summed E-state index contributed by atoms with van der Waals surface area (Å²) < 4.78 is 0. The first-order valence-corrected chi connectivity index (χ1v) is 6.35. The van der Waals surface area contributed by atoms with E-state index in [0.717, 1.165) is 16.8 Å². The molecule has 2 atom stereocenters. The maximum absolute atomic E-state index is 12.2. The Morgan fingerprint density at radius 1 is 1.11 bits per heavy atom. The fourth-order valence-electron chi connectivity index (χ4n) is 2.85. The Bertz CT molecular complexity index is 528. The first-order chi connectivity index (χ1) is 8.73. The molecule has 4 heteroatoms. The number of amides is 1. The molecular weight excluding hydrogens is 242 g/mol. The SMILES string of the molecule is Cc1cc(C)cc(NC(=O)C2C(C(=O)O)C2(C)C)c1. The van der Waals surface area contributed by atoms with E-state index in [0.29, 0.717) is 0 Å². The van der Waals surface area contributed by atoms with E-state index in [1.165, 1.54) is 0 Å². The van der Waals surface area contributed by atoms with Gasteiger partial charge in [0.15, 0.2) is 0 Å². The molecule has 102 valence electrons. The smallest absolute Gasteiger partial charge is 0.307 e. The van der Waals surface area contributed by atoms with Gasteiger partial charge in [-0.25, -0.2) is 0 Å². The van der Waals surface area contributed by atoms with Crippen molar-refractivity contribution in [1.82, 2.24) is 0 Å². The number of anilines is 1. The molecule has 0 radical (unpaired) electrons. The summed E-state index contributed by atoms with van der Waals surface area (Å²) in [6.45, 7) is 7.56. The number of benzene rings is 1. The van der Waals surface area contributed by atoms with Gasteiger partial charge in [-0.15, -0.1) is 0 Å². The van der Waals surface area contributed by atoms with Gasteiger partial charge in [0.05, 0.1) is 11.8 Å². The van der Waals surface area contributed by atoms with Crippen molar-refractivity contribution in [3.8, 4) is 0 Å². The molecule has 0 aromatic heterocycles. The van der Waals surface area contributed by atoms with Crippen molar-refractivity contribution in [3.05, 3.63) is 29.3 Å². The first-order valence-electron chi connectivity index (χ1n) is 6.35. The molecule has 0 saturated heterocycles. The standard InChI is InChI=1S/C15H19NO3/c1-8-5-9(2)7-10(6-8)16-13(17)11-12(14(18)19)15(11,3)4/h5-7,11-12H,1-4H3,(H,16,17)(H,18,19). The van der Waals surface area contributed by atoms with Crippen LogP contribution in [0.15, 0.2) is 18.2 Å². The van der Waals surface area contributed by atoms with Crippen LogP contribution in [0.2, 0.25) is 0 Å². The summed E-state index contributed by atoms with van der Waals surface area (Å²) in [6.07, 6.45) is 0. The molecule has 0 bridgehead atoms. The van der Waals surface area contributed by atoms with Crippen LogP contribution in [0.4, 0.5) is 5.69 Å². The van der Waals surface area contributed by atoms with Crippen molar-refractivity contribution in [2.24, 2.45) is 17.3 Å². The highest BCUT2D eigenvalue weighted by Crippen LogP contribution is 2.58. The monoisotopic (exact) mass is 261 g/mol. The molecule has 0 heterocycles. The minimum atomic E-state index is -0.898. The van der Waals surface area contributed by atoms with Crippen molar-refractivity contribution < 1.29 is 14.7 Å². The summed E-state index contributed by atoms with van der Waals surface area (Å²) in [6, 6.07) is 5.79. The van der Waals surface area contributed by atoms with E-state index >= 15 is 0 Å². The summed E-state index contributed by atoms with van der Waals surface area (Å²) in [4.78, 5) is 23.2. The molecule has 19 heavy (non-hydrogen) atoms. The largest absolute Gasteiger partial charge is 0.481 e. The number of hydrogen-bond acceptors (Lipinski definition) is 2. The molecule has 0 spiro atoms. The summed E-state index contributed by atoms with van der Waals surface area (Å²) in [5, 5.41) is 11.9. The molecule has 1 aromatic rings. The highest BCUT2D eigenvalue weighted by Gasteiger charge is 2.65. The Morgan fingerprint density at radius 3 is 2.05 bits per heavy atom. The van der Waals surface area contributed by atoms with Crippen LogP contribution in [0.3, 0.4) is 0 Å². The molecule has 4 nitrogen and oxygen atoms in total. The fraction of sp³-hybridized carbons (Fsp3) is 0.467. The first kappa shape index (κ1) is 13.6. The van der Waals surface area contributed by atoms with E-state index in [1.807, 2.05) is 45.9 Å². The molecule has 1 fully saturated rings. The van der Waals surface area contributed by atoms with Crippen LogP contribution >= 0.6 is 0 Å². The molecule has 1 amide bonds. The van der Waals surface area contributed by atoms with Crippen molar-refractivity contribution >= 4 is 17.6 Å². The third-order valence-electron chi connectivity index (χ3n) is 3.87. The summed E-state index contributed by atoms with van der Waals surface area (Å²) in [5.41, 5.74) is 2.41. The van der Waals surface area contributed by atoms with Crippen LogP contribution in [0.25, 0.3) is 0 Å². The van der Waals surface area contributed by atoms with Crippen molar-refractivity contribution in [2.45, 2.75) is 27.7 Å². The van der Waals surface area contributed by atoms with Crippen LogP contribution in [-0.2, 0) is 9.59 Å². The second kappa shape index (κ2) is 4.37. The van der Waals surface area contributed by atoms with Crippen LogP contribution in [0.1, 0.15) is 25.0 Å². The number of carbonyl (C=O) groups excluding carboxylic acids is 1. The number of rotatable bonds is 3. The predicted molar refractivity (Wildman–Crippen MR) is 72.9 cm³/mol. The lowest BCUT2D eigenvalue weighted by Crippen LogP contribution is -2.17. The minimum Gasteiger partial charge on any atom is -0.481 e. The zero-order valence-electron chi connectivity index (χ0n) is 11.7. The van der Waals surface area contributed by atoms with Gasteiger partial charge in [-0.1, -0.05) is 19.9 Å². The van der Waals surface area contributed by atoms with E-state index < -0.39 is 23.2 Å². The van der Waals surface area contributed by atoms with Crippen molar-refractivity contribution in [3.63, 3.8) is 0 Å². The zero-order chi connectivity index (χ0) is 14.4. The molecule has 2 N–H and O–H groups in total. The van der Waals surface area contributed by atoms with Crippen LogP contribution in [0, 0.1) is 31.1 Å². The average molecular weight is 261 g/mol. The Labute approximate surface area is 112 Å². The fourth-order valence-corrected chi connectivity index (χ4v) is 2.85. The summed E-state index contributed by atoms with van der Waals surface area (Å²) in [7, 11) is 0. The molecule has 1 saturated carbocycles. The van der Waals surface area contributed by atoms with E-state index in [1.54, 1.807) is 0 Å². The molecule has 2 unspecified atom stereocenters. The van der Waals surface area contributed by atoms with Crippen LogP contribution < -0.4 is 5.32 Å². The van der Waals surface area contributed by atoms with Gasteiger partial charge >= 0.3 is 5.97 Å². The Kier molecular flexibility index (Phi) is 3.12. The van der Waals surface area contributed by atoms with Crippen molar-refractivity contribution in [1.29, 1.82) is 0 Å². The zero-order valence-corrected chi connectivity index (χ0v) is 11.7. The number of carbonyl (C=O) groups is 2. The number of hydrogen-bond donors (Lipinski definition) is 2. The normalized spacial score (nSPS) is 23.8. The number of aliphatic carboxylic acids is 1. The van der Waals surface area contributed by atoms with Gasteiger partial charge in [-0.2, -0.15) is 0 Å². The van der Waals surface area contributed by atoms with Crippen molar-refractivity contribution in [2.75, 3.05) is 5.32 Å². The average Bonchev–Trinajstić information content (AvgIpc) is 2.80. The molecule has 1 aromatic carbocycles. The van der Waals surface area contributed by atoms with E-state index in [9.17, 15) is 9.59 Å². The van der Waals surface area contributed by atoms with Gasteiger partial charge in [-0.3, -0.25) is 9.59 Å². The van der Waals surface area contributed by atoms with Gasteiger partial charge in [-0.05, 0) is 42.5 Å². The number of aryl methyl sites for hydroxylation is 2. The van der Waals surface area contributed by atoms with E-state index in [2.05, 4.69) is 5.32 Å². The van der Waals surface area contributed by atoms with Gasteiger partial charge in [0.2, 0.25) is 5.91 Å². The van der Waals surface area contributed by atoms with Gasteiger partial charge in [0.25, 0.3) is 0 Å².